The molecule has 0 saturated carbocycles. The van der Waals surface area contributed by atoms with Gasteiger partial charge in [-0.15, -0.1) is 24.0 Å². The number of aromatic nitrogens is 1. The van der Waals surface area contributed by atoms with Gasteiger partial charge in [-0.2, -0.15) is 0 Å². The van der Waals surface area contributed by atoms with E-state index in [1.165, 1.54) is 18.4 Å². The van der Waals surface area contributed by atoms with Gasteiger partial charge in [0, 0.05) is 45.7 Å². The van der Waals surface area contributed by atoms with Crippen LogP contribution < -0.4 is 5.32 Å². The molecular formula is C20H35IN4O2. The quantitative estimate of drug-likeness (QED) is 0.378. The van der Waals surface area contributed by atoms with Crippen molar-refractivity contribution in [3.63, 3.8) is 0 Å². The van der Waals surface area contributed by atoms with E-state index in [0.717, 1.165) is 64.6 Å². The lowest BCUT2D eigenvalue weighted by atomic mass is 10.1. The Morgan fingerprint density at radius 3 is 2.74 bits per heavy atom. The number of rotatable bonds is 6. The van der Waals surface area contributed by atoms with Crippen molar-refractivity contribution < 1.29 is 9.47 Å². The van der Waals surface area contributed by atoms with Gasteiger partial charge < -0.3 is 24.3 Å². The summed E-state index contributed by atoms with van der Waals surface area (Å²) in [5.74, 6) is 1.02. The van der Waals surface area contributed by atoms with E-state index >= 15 is 0 Å². The third kappa shape index (κ3) is 7.27. The fourth-order valence-corrected chi connectivity index (χ4v) is 3.66. The predicted molar refractivity (Wildman–Crippen MR) is 120 cm³/mol. The lowest BCUT2D eigenvalue weighted by Crippen LogP contribution is -2.47. The number of guanidine groups is 1. The third-order valence-electron chi connectivity index (χ3n) is 5.17. The fourth-order valence-electron chi connectivity index (χ4n) is 3.66. The van der Waals surface area contributed by atoms with Gasteiger partial charge >= 0.3 is 0 Å². The number of halogens is 1. The van der Waals surface area contributed by atoms with E-state index in [1.807, 2.05) is 7.05 Å². The summed E-state index contributed by atoms with van der Waals surface area (Å²) in [5.41, 5.74) is 1.24. The van der Waals surface area contributed by atoms with E-state index in [1.54, 1.807) is 0 Å². The molecule has 3 heterocycles. The average molecular weight is 490 g/mol. The van der Waals surface area contributed by atoms with Gasteiger partial charge in [-0.05, 0) is 50.7 Å². The Labute approximate surface area is 180 Å². The first-order valence-electron chi connectivity index (χ1n) is 10.1. The van der Waals surface area contributed by atoms with Crippen LogP contribution in [0.3, 0.4) is 0 Å². The topological polar surface area (TPSA) is 51.0 Å². The Kier molecular flexibility index (Phi) is 9.92. The SMILES string of the molecule is CCNC(=NCc1ccn(C)c1)N1CCC(OCC2CCCCO2)CC1.I. The van der Waals surface area contributed by atoms with Crippen molar-refractivity contribution in [1.82, 2.24) is 14.8 Å². The number of ether oxygens (including phenoxy) is 2. The fraction of sp³-hybridized carbons (Fsp3) is 0.750. The maximum Gasteiger partial charge on any atom is 0.194 e. The first-order chi connectivity index (χ1) is 12.7. The van der Waals surface area contributed by atoms with Crippen LogP contribution in [-0.4, -0.2) is 60.5 Å². The molecule has 7 heteroatoms. The van der Waals surface area contributed by atoms with Gasteiger partial charge in [-0.25, -0.2) is 4.99 Å². The van der Waals surface area contributed by atoms with E-state index in [2.05, 4.69) is 40.2 Å². The summed E-state index contributed by atoms with van der Waals surface area (Å²) < 4.78 is 14.0. The number of hydrogen-bond donors (Lipinski definition) is 1. The van der Waals surface area contributed by atoms with Crippen molar-refractivity contribution in [2.45, 2.75) is 57.8 Å². The zero-order valence-electron chi connectivity index (χ0n) is 16.7. The predicted octanol–water partition coefficient (Wildman–Crippen LogP) is 3.16. The van der Waals surface area contributed by atoms with Crippen LogP contribution in [0.5, 0.6) is 0 Å². The third-order valence-corrected chi connectivity index (χ3v) is 5.17. The minimum absolute atomic E-state index is 0. The van der Waals surface area contributed by atoms with Crippen molar-refractivity contribution in [2.75, 3.05) is 32.8 Å². The lowest BCUT2D eigenvalue weighted by molar-refractivity contribution is -0.0721. The second kappa shape index (κ2) is 11.9. The van der Waals surface area contributed by atoms with Crippen LogP contribution in [0.15, 0.2) is 23.5 Å². The highest BCUT2D eigenvalue weighted by atomic mass is 127. The number of aryl methyl sites for hydroxylation is 1. The van der Waals surface area contributed by atoms with Crippen LogP contribution in [-0.2, 0) is 23.1 Å². The van der Waals surface area contributed by atoms with E-state index in [0.29, 0.717) is 12.2 Å². The highest BCUT2D eigenvalue weighted by Crippen LogP contribution is 2.18. The van der Waals surface area contributed by atoms with E-state index < -0.39 is 0 Å². The molecule has 0 amide bonds. The number of nitrogens with one attached hydrogen (secondary N) is 1. The molecule has 2 aliphatic rings. The monoisotopic (exact) mass is 490 g/mol. The molecular weight excluding hydrogens is 455 g/mol. The molecule has 1 atom stereocenters. The summed E-state index contributed by atoms with van der Waals surface area (Å²) in [6, 6.07) is 2.13. The molecule has 154 valence electrons. The van der Waals surface area contributed by atoms with Crippen LogP contribution in [0.2, 0.25) is 0 Å². The number of nitrogens with zero attached hydrogens (tertiary/aromatic N) is 3. The molecule has 1 aromatic heterocycles. The van der Waals surface area contributed by atoms with Gasteiger partial charge in [-0.1, -0.05) is 0 Å². The molecule has 0 aromatic carbocycles. The van der Waals surface area contributed by atoms with E-state index in [4.69, 9.17) is 14.5 Å². The van der Waals surface area contributed by atoms with Gasteiger partial charge in [-0.3, -0.25) is 0 Å². The van der Waals surface area contributed by atoms with E-state index in [-0.39, 0.29) is 24.0 Å². The number of aliphatic imine (C=N–C) groups is 1. The van der Waals surface area contributed by atoms with Crippen molar-refractivity contribution in [1.29, 1.82) is 0 Å². The maximum atomic E-state index is 6.13. The zero-order chi connectivity index (χ0) is 18.2. The van der Waals surface area contributed by atoms with Gasteiger partial charge in [0.15, 0.2) is 5.96 Å². The van der Waals surface area contributed by atoms with Gasteiger partial charge in [0.1, 0.15) is 0 Å². The molecule has 2 saturated heterocycles. The summed E-state index contributed by atoms with van der Waals surface area (Å²) in [4.78, 5) is 7.19. The minimum Gasteiger partial charge on any atom is -0.376 e. The zero-order valence-corrected chi connectivity index (χ0v) is 19.1. The smallest absolute Gasteiger partial charge is 0.194 e. The number of likely N-dealkylation sites (tertiary alicyclic amines) is 1. The molecule has 2 aliphatic heterocycles. The molecule has 6 nitrogen and oxygen atoms in total. The summed E-state index contributed by atoms with van der Waals surface area (Å²) in [5, 5.41) is 3.44. The second-order valence-corrected chi connectivity index (χ2v) is 7.36. The first-order valence-corrected chi connectivity index (χ1v) is 10.1. The number of hydrogen-bond acceptors (Lipinski definition) is 3. The maximum absolute atomic E-state index is 6.13. The van der Waals surface area contributed by atoms with Crippen molar-refractivity contribution >= 4 is 29.9 Å². The van der Waals surface area contributed by atoms with Crippen LogP contribution >= 0.6 is 24.0 Å². The Morgan fingerprint density at radius 2 is 2.11 bits per heavy atom. The van der Waals surface area contributed by atoms with Gasteiger partial charge in [0.2, 0.25) is 0 Å². The standard InChI is InChI=1S/C20H34N4O2.HI/c1-3-21-20(22-14-17-7-10-23(2)15-17)24-11-8-18(9-12-24)26-16-19-6-4-5-13-25-19;/h7,10,15,18-19H,3-6,8-9,11-14,16H2,1-2H3,(H,21,22);1H. The largest absolute Gasteiger partial charge is 0.376 e. The summed E-state index contributed by atoms with van der Waals surface area (Å²) in [6.45, 7) is 7.39. The van der Waals surface area contributed by atoms with Gasteiger partial charge in [0.25, 0.3) is 0 Å². The molecule has 2 fully saturated rings. The molecule has 0 radical (unpaired) electrons. The van der Waals surface area contributed by atoms with Crippen molar-refractivity contribution in [2.24, 2.45) is 12.0 Å². The Bertz CT molecular complexity index is 564. The second-order valence-electron chi connectivity index (χ2n) is 7.36. The van der Waals surface area contributed by atoms with E-state index in [9.17, 15) is 0 Å². The number of piperidine rings is 1. The lowest BCUT2D eigenvalue weighted by Gasteiger charge is -2.35. The molecule has 0 bridgehead atoms. The highest BCUT2D eigenvalue weighted by Gasteiger charge is 2.23. The van der Waals surface area contributed by atoms with Crippen molar-refractivity contribution in [3.8, 4) is 0 Å². The Hall–Kier alpha value is -0.800. The van der Waals surface area contributed by atoms with Crippen molar-refractivity contribution in [3.05, 3.63) is 24.0 Å². The normalized spacial score (nSPS) is 21.8. The van der Waals surface area contributed by atoms with Crippen LogP contribution in [0, 0.1) is 0 Å². The molecule has 3 rings (SSSR count). The summed E-state index contributed by atoms with van der Waals surface area (Å²) >= 11 is 0. The minimum atomic E-state index is 0. The molecule has 0 spiro atoms. The Balaban J connectivity index is 0.00000261. The molecule has 1 unspecified atom stereocenters. The molecule has 1 N–H and O–H groups in total. The van der Waals surface area contributed by atoms with Crippen LogP contribution in [0.4, 0.5) is 0 Å². The van der Waals surface area contributed by atoms with Gasteiger partial charge in [0.05, 0.1) is 25.4 Å². The molecule has 0 aliphatic carbocycles. The van der Waals surface area contributed by atoms with Crippen LogP contribution in [0.1, 0.15) is 44.6 Å². The van der Waals surface area contributed by atoms with Crippen LogP contribution in [0.25, 0.3) is 0 Å². The summed E-state index contributed by atoms with van der Waals surface area (Å²) in [6.07, 6.45) is 10.6. The molecule has 27 heavy (non-hydrogen) atoms. The average Bonchev–Trinajstić information content (AvgIpc) is 3.10. The molecule has 1 aromatic rings. The Morgan fingerprint density at radius 1 is 1.30 bits per heavy atom. The summed E-state index contributed by atoms with van der Waals surface area (Å²) in [7, 11) is 2.04. The first kappa shape index (κ1) is 22.5. The highest BCUT2D eigenvalue weighted by molar-refractivity contribution is 14.0.